The first-order chi connectivity index (χ1) is 6.02. The van der Waals surface area contributed by atoms with Crippen molar-refractivity contribution in [2.24, 2.45) is 11.7 Å². The first kappa shape index (κ1) is 9.98. The van der Waals surface area contributed by atoms with E-state index in [9.17, 15) is 9.59 Å². The van der Waals surface area contributed by atoms with Gasteiger partial charge in [-0.3, -0.25) is 9.59 Å². The predicted octanol–water partition coefficient (Wildman–Crippen LogP) is -0.733. The summed E-state index contributed by atoms with van der Waals surface area (Å²) in [5.74, 6) is -1.10. The van der Waals surface area contributed by atoms with Crippen LogP contribution in [-0.4, -0.2) is 41.0 Å². The molecule has 0 bridgehead atoms. The van der Waals surface area contributed by atoms with Crippen LogP contribution < -0.4 is 5.73 Å². The highest BCUT2D eigenvalue weighted by Crippen LogP contribution is 2.18. The lowest BCUT2D eigenvalue weighted by atomic mass is 10.0. The largest absolute Gasteiger partial charge is 0.480 e. The summed E-state index contributed by atoms with van der Waals surface area (Å²) < 4.78 is 0. The van der Waals surface area contributed by atoms with Gasteiger partial charge in [0.25, 0.3) is 0 Å². The molecule has 0 radical (unpaired) electrons. The molecule has 1 aliphatic heterocycles. The number of carboxylic acids is 1. The van der Waals surface area contributed by atoms with Gasteiger partial charge in [0.1, 0.15) is 6.04 Å². The predicted molar refractivity (Wildman–Crippen MR) is 46.0 cm³/mol. The zero-order valence-electron chi connectivity index (χ0n) is 7.56. The van der Waals surface area contributed by atoms with Crippen molar-refractivity contribution in [3.63, 3.8) is 0 Å². The van der Waals surface area contributed by atoms with Crippen molar-refractivity contribution in [2.45, 2.75) is 19.4 Å². The molecule has 13 heavy (non-hydrogen) atoms. The number of carbonyl (C=O) groups is 2. The molecule has 2 unspecified atom stereocenters. The van der Waals surface area contributed by atoms with Crippen LogP contribution in [0, 0.1) is 5.92 Å². The topological polar surface area (TPSA) is 83.6 Å². The number of amides is 1. The molecule has 1 rings (SSSR count). The number of carbonyl (C=O) groups excluding carboxylic acids is 1. The summed E-state index contributed by atoms with van der Waals surface area (Å²) in [5.41, 5.74) is 5.45. The van der Waals surface area contributed by atoms with E-state index in [1.165, 1.54) is 6.92 Å². The Bertz CT molecular complexity index is 229. The van der Waals surface area contributed by atoms with Gasteiger partial charge < -0.3 is 15.7 Å². The second kappa shape index (κ2) is 3.74. The van der Waals surface area contributed by atoms with Gasteiger partial charge in [-0.2, -0.15) is 0 Å². The van der Waals surface area contributed by atoms with Crippen molar-refractivity contribution in [3.8, 4) is 0 Å². The third-order valence-electron chi connectivity index (χ3n) is 2.46. The average Bonchev–Trinajstić information content (AvgIpc) is 2.50. The minimum atomic E-state index is -0.990. The van der Waals surface area contributed by atoms with E-state index in [4.69, 9.17) is 10.8 Å². The van der Waals surface area contributed by atoms with Crippen LogP contribution in [0.25, 0.3) is 0 Å². The first-order valence-electron chi connectivity index (χ1n) is 4.26. The van der Waals surface area contributed by atoms with Gasteiger partial charge in [-0.05, 0) is 6.42 Å². The molecule has 1 heterocycles. The van der Waals surface area contributed by atoms with E-state index >= 15 is 0 Å². The van der Waals surface area contributed by atoms with Gasteiger partial charge in [0.2, 0.25) is 5.91 Å². The summed E-state index contributed by atoms with van der Waals surface area (Å²) in [4.78, 5) is 23.1. The molecule has 74 valence electrons. The highest BCUT2D eigenvalue weighted by Gasteiger charge is 2.32. The zero-order chi connectivity index (χ0) is 10.0. The second-order valence-electron chi connectivity index (χ2n) is 3.38. The third kappa shape index (κ3) is 2.18. The molecule has 0 saturated carbocycles. The Balaban J connectivity index is 2.49. The third-order valence-corrected chi connectivity index (χ3v) is 2.46. The fourth-order valence-corrected chi connectivity index (χ4v) is 1.57. The van der Waals surface area contributed by atoms with Crippen LogP contribution in [0.4, 0.5) is 0 Å². The first-order valence-corrected chi connectivity index (χ1v) is 4.26. The Kier molecular flexibility index (Phi) is 2.87. The molecule has 0 aromatic carbocycles. The maximum atomic E-state index is 10.9. The van der Waals surface area contributed by atoms with Crippen LogP contribution in [0.15, 0.2) is 0 Å². The molecule has 5 nitrogen and oxygen atoms in total. The second-order valence-corrected chi connectivity index (χ2v) is 3.38. The number of hydrogen-bond donors (Lipinski definition) is 2. The molecular formula is C8H14N2O3. The van der Waals surface area contributed by atoms with Crippen molar-refractivity contribution in [3.05, 3.63) is 0 Å². The van der Waals surface area contributed by atoms with Crippen LogP contribution in [0.3, 0.4) is 0 Å². The molecule has 0 spiro atoms. The average molecular weight is 186 g/mol. The van der Waals surface area contributed by atoms with E-state index in [0.29, 0.717) is 19.5 Å². The molecule has 0 aromatic rings. The number of hydrogen-bond acceptors (Lipinski definition) is 3. The summed E-state index contributed by atoms with van der Waals surface area (Å²) >= 11 is 0. The van der Waals surface area contributed by atoms with Gasteiger partial charge in [-0.25, -0.2) is 0 Å². The maximum Gasteiger partial charge on any atom is 0.320 e. The summed E-state index contributed by atoms with van der Waals surface area (Å²) in [6.07, 6.45) is 0.688. The Labute approximate surface area is 76.5 Å². The monoisotopic (exact) mass is 186 g/mol. The quantitative estimate of drug-likeness (QED) is 0.595. The number of aliphatic carboxylic acids is 1. The van der Waals surface area contributed by atoms with Crippen molar-refractivity contribution in [1.82, 2.24) is 4.90 Å². The van der Waals surface area contributed by atoms with E-state index in [0.717, 1.165) is 0 Å². The normalized spacial score (nSPS) is 24.5. The van der Waals surface area contributed by atoms with Crippen LogP contribution in [0.2, 0.25) is 0 Å². The summed E-state index contributed by atoms with van der Waals surface area (Å²) in [6.45, 7) is 2.58. The lowest BCUT2D eigenvalue weighted by molar-refractivity contribution is -0.140. The molecule has 0 aliphatic carbocycles. The van der Waals surface area contributed by atoms with E-state index in [2.05, 4.69) is 0 Å². The fourth-order valence-electron chi connectivity index (χ4n) is 1.57. The smallest absolute Gasteiger partial charge is 0.320 e. The van der Waals surface area contributed by atoms with Crippen LogP contribution >= 0.6 is 0 Å². The number of rotatable bonds is 2. The Morgan fingerprint density at radius 2 is 2.23 bits per heavy atom. The molecule has 1 aliphatic rings. The molecule has 0 aromatic heterocycles. The van der Waals surface area contributed by atoms with E-state index < -0.39 is 12.0 Å². The highest BCUT2D eigenvalue weighted by molar-refractivity contribution is 5.75. The molecular weight excluding hydrogens is 172 g/mol. The molecule has 1 saturated heterocycles. The Hall–Kier alpha value is -1.10. The van der Waals surface area contributed by atoms with Gasteiger partial charge in [0.15, 0.2) is 0 Å². The Morgan fingerprint density at radius 1 is 1.62 bits per heavy atom. The minimum absolute atomic E-state index is 0.0138. The van der Waals surface area contributed by atoms with Gasteiger partial charge in [0, 0.05) is 25.9 Å². The van der Waals surface area contributed by atoms with Crippen LogP contribution in [-0.2, 0) is 9.59 Å². The number of likely N-dealkylation sites (tertiary alicyclic amines) is 1. The van der Waals surface area contributed by atoms with Crippen molar-refractivity contribution in [2.75, 3.05) is 13.1 Å². The minimum Gasteiger partial charge on any atom is -0.480 e. The SMILES string of the molecule is CC(=O)N1CCC(C(N)C(=O)O)C1. The van der Waals surface area contributed by atoms with Gasteiger partial charge in [-0.1, -0.05) is 0 Å². The van der Waals surface area contributed by atoms with Crippen molar-refractivity contribution in [1.29, 1.82) is 0 Å². The standard InChI is InChI=1S/C8H14N2O3/c1-5(11)10-3-2-6(4-10)7(9)8(12)13/h6-7H,2-4,9H2,1H3,(H,12,13). The number of nitrogens with zero attached hydrogens (tertiary/aromatic N) is 1. The molecule has 1 amide bonds. The number of carboxylic acid groups (broad SMARTS) is 1. The molecule has 5 heteroatoms. The summed E-state index contributed by atoms with van der Waals surface area (Å²) in [5, 5.41) is 8.64. The lowest BCUT2D eigenvalue weighted by Crippen LogP contribution is -2.39. The van der Waals surface area contributed by atoms with Gasteiger partial charge in [-0.15, -0.1) is 0 Å². The number of nitrogens with two attached hydrogens (primary N) is 1. The van der Waals surface area contributed by atoms with Gasteiger partial charge in [0.05, 0.1) is 0 Å². The Morgan fingerprint density at radius 3 is 2.62 bits per heavy atom. The fraction of sp³-hybridized carbons (Fsp3) is 0.750. The highest BCUT2D eigenvalue weighted by atomic mass is 16.4. The van der Waals surface area contributed by atoms with Crippen molar-refractivity contribution < 1.29 is 14.7 Å². The van der Waals surface area contributed by atoms with Crippen molar-refractivity contribution >= 4 is 11.9 Å². The van der Waals surface area contributed by atoms with E-state index in [1.54, 1.807) is 4.90 Å². The van der Waals surface area contributed by atoms with E-state index in [1.807, 2.05) is 0 Å². The molecule has 3 N–H and O–H groups in total. The maximum absolute atomic E-state index is 10.9. The van der Waals surface area contributed by atoms with E-state index in [-0.39, 0.29) is 11.8 Å². The summed E-state index contributed by atoms with van der Waals surface area (Å²) in [7, 11) is 0. The lowest BCUT2D eigenvalue weighted by Gasteiger charge is -2.16. The van der Waals surface area contributed by atoms with Gasteiger partial charge >= 0.3 is 5.97 Å². The molecule has 2 atom stereocenters. The van der Waals surface area contributed by atoms with Crippen LogP contribution in [0.1, 0.15) is 13.3 Å². The van der Waals surface area contributed by atoms with Crippen LogP contribution in [0.5, 0.6) is 0 Å². The molecule has 1 fully saturated rings. The zero-order valence-corrected chi connectivity index (χ0v) is 7.56. The summed E-state index contributed by atoms with van der Waals surface area (Å²) in [6, 6.07) is -0.843.